The van der Waals surface area contributed by atoms with Crippen molar-refractivity contribution in [2.75, 3.05) is 0 Å². The molecule has 0 bridgehead atoms. The van der Waals surface area contributed by atoms with Gasteiger partial charge in [0.15, 0.2) is 0 Å². The zero-order chi connectivity index (χ0) is 18.4. The highest BCUT2D eigenvalue weighted by Gasteiger charge is 2.09. The molecular formula is C22H25N3O. The van der Waals surface area contributed by atoms with Gasteiger partial charge in [-0.3, -0.25) is 9.48 Å². The molecule has 1 heterocycles. The first kappa shape index (κ1) is 17.9. The van der Waals surface area contributed by atoms with Crippen molar-refractivity contribution < 1.29 is 4.79 Å². The summed E-state index contributed by atoms with van der Waals surface area (Å²) in [4.78, 5) is 12.1. The Balaban J connectivity index is 1.48. The van der Waals surface area contributed by atoms with Gasteiger partial charge in [0.1, 0.15) is 0 Å². The molecule has 0 saturated heterocycles. The maximum Gasteiger partial charge on any atom is 0.220 e. The Morgan fingerprint density at radius 3 is 2.38 bits per heavy atom. The first-order valence-corrected chi connectivity index (χ1v) is 9.01. The Labute approximate surface area is 154 Å². The predicted molar refractivity (Wildman–Crippen MR) is 105 cm³/mol. The lowest BCUT2D eigenvalue weighted by Gasteiger charge is -2.14. The van der Waals surface area contributed by atoms with E-state index >= 15 is 0 Å². The van der Waals surface area contributed by atoms with E-state index in [1.807, 2.05) is 44.6 Å². The van der Waals surface area contributed by atoms with Crippen LogP contribution in [0, 0.1) is 0 Å². The third kappa shape index (κ3) is 5.06. The largest absolute Gasteiger partial charge is 0.353 e. The van der Waals surface area contributed by atoms with Gasteiger partial charge in [0.05, 0.1) is 6.20 Å². The highest BCUT2D eigenvalue weighted by atomic mass is 16.1. The minimum absolute atomic E-state index is 0.0854. The number of aromatic nitrogens is 2. The van der Waals surface area contributed by atoms with Crippen molar-refractivity contribution in [1.29, 1.82) is 0 Å². The third-order valence-electron chi connectivity index (χ3n) is 4.41. The van der Waals surface area contributed by atoms with Gasteiger partial charge in [-0.1, -0.05) is 54.6 Å². The fourth-order valence-corrected chi connectivity index (χ4v) is 3.07. The molecule has 0 aliphatic carbocycles. The second-order valence-corrected chi connectivity index (χ2v) is 6.76. The van der Waals surface area contributed by atoms with Crippen molar-refractivity contribution >= 4 is 5.91 Å². The second-order valence-electron chi connectivity index (χ2n) is 6.76. The monoisotopic (exact) mass is 347 g/mol. The van der Waals surface area contributed by atoms with Gasteiger partial charge >= 0.3 is 0 Å². The van der Waals surface area contributed by atoms with E-state index in [4.69, 9.17) is 0 Å². The zero-order valence-corrected chi connectivity index (χ0v) is 15.4. The summed E-state index contributed by atoms with van der Waals surface area (Å²) in [5.74, 6) is 0.0854. The number of carbonyl (C=O) groups is 1. The normalized spacial score (nSPS) is 11.9. The minimum atomic E-state index is 0.0854. The lowest BCUT2D eigenvalue weighted by molar-refractivity contribution is -0.121. The van der Waals surface area contributed by atoms with Gasteiger partial charge in [0.2, 0.25) is 5.91 Å². The number of amides is 1. The predicted octanol–water partition coefficient (Wildman–Crippen LogP) is 3.77. The summed E-state index contributed by atoms with van der Waals surface area (Å²) in [5.41, 5.74) is 4.75. The summed E-state index contributed by atoms with van der Waals surface area (Å²) in [7, 11) is 1.88. The molecule has 1 N–H and O–H groups in total. The van der Waals surface area contributed by atoms with E-state index in [1.54, 1.807) is 4.68 Å². The fraction of sp³-hybridized carbons (Fsp3) is 0.273. The highest BCUT2D eigenvalue weighted by Crippen LogP contribution is 2.19. The number of hydrogen-bond donors (Lipinski definition) is 1. The molecule has 134 valence electrons. The van der Waals surface area contributed by atoms with Gasteiger partial charge in [0, 0.05) is 25.7 Å². The SMILES string of the molecule is C[C@H](Cc1ccc(-c2ccccc2)cc1)NC(=O)CCc1cnn(C)c1. The number of nitrogens with zero attached hydrogens (tertiary/aromatic N) is 2. The molecule has 26 heavy (non-hydrogen) atoms. The van der Waals surface area contributed by atoms with Crippen LogP contribution in [-0.2, 0) is 24.7 Å². The summed E-state index contributed by atoms with van der Waals surface area (Å²) in [5, 5.41) is 7.21. The van der Waals surface area contributed by atoms with Crippen LogP contribution in [0.4, 0.5) is 0 Å². The van der Waals surface area contributed by atoms with Gasteiger partial charge in [-0.15, -0.1) is 0 Å². The van der Waals surface area contributed by atoms with E-state index in [0.717, 1.165) is 18.4 Å². The van der Waals surface area contributed by atoms with Crippen LogP contribution < -0.4 is 5.32 Å². The van der Waals surface area contributed by atoms with Crippen molar-refractivity contribution in [1.82, 2.24) is 15.1 Å². The fourth-order valence-electron chi connectivity index (χ4n) is 3.07. The van der Waals surface area contributed by atoms with E-state index in [-0.39, 0.29) is 11.9 Å². The van der Waals surface area contributed by atoms with Crippen LogP contribution in [-0.4, -0.2) is 21.7 Å². The molecule has 1 aromatic heterocycles. The summed E-state index contributed by atoms with van der Waals surface area (Å²) in [6.07, 6.45) is 5.80. The molecule has 3 rings (SSSR count). The molecule has 0 fully saturated rings. The number of aryl methyl sites for hydroxylation is 2. The molecule has 0 aliphatic heterocycles. The Morgan fingerprint density at radius 1 is 1.04 bits per heavy atom. The van der Waals surface area contributed by atoms with Crippen molar-refractivity contribution in [2.24, 2.45) is 7.05 Å². The number of hydrogen-bond acceptors (Lipinski definition) is 2. The van der Waals surface area contributed by atoms with Crippen LogP contribution in [0.25, 0.3) is 11.1 Å². The molecular weight excluding hydrogens is 322 g/mol. The van der Waals surface area contributed by atoms with Crippen LogP contribution in [0.3, 0.4) is 0 Å². The highest BCUT2D eigenvalue weighted by molar-refractivity contribution is 5.76. The standard InChI is InChI=1S/C22H25N3O/c1-17(24-22(26)13-10-19-15-23-25(2)16-19)14-18-8-11-21(12-9-18)20-6-4-3-5-7-20/h3-9,11-12,15-17H,10,13-14H2,1-2H3,(H,24,26)/t17-/m1/s1. The van der Waals surface area contributed by atoms with Crippen molar-refractivity contribution in [3.63, 3.8) is 0 Å². The summed E-state index contributed by atoms with van der Waals surface area (Å²) in [6, 6.07) is 19.0. The number of benzene rings is 2. The van der Waals surface area contributed by atoms with Crippen LogP contribution in [0.15, 0.2) is 67.0 Å². The summed E-state index contributed by atoms with van der Waals surface area (Å²) in [6.45, 7) is 2.05. The van der Waals surface area contributed by atoms with Gasteiger partial charge in [0.25, 0.3) is 0 Å². The quantitative estimate of drug-likeness (QED) is 0.707. The lowest BCUT2D eigenvalue weighted by atomic mass is 10.0. The van der Waals surface area contributed by atoms with Crippen LogP contribution in [0.5, 0.6) is 0 Å². The molecule has 4 heteroatoms. The van der Waals surface area contributed by atoms with Crippen molar-refractivity contribution in [3.8, 4) is 11.1 Å². The van der Waals surface area contributed by atoms with Crippen LogP contribution >= 0.6 is 0 Å². The molecule has 0 unspecified atom stereocenters. The average Bonchev–Trinajstić information content (AvgIpc) is 3.07. The van der Waals surface area contributed by atoms with E-state index in [1.165, 1.54) is 16.7 Å². The zero-order valence-electron chi connectivity index (χ0n) is 15.4. The van der Waals surface area contributed by atoms with Crippen molar-refractivity contribution in [3.05, 3.63) is 78.1 Å². The molecule has 0 aliphatic rings. The number of carbonyl (C=O) groups excluding carboxylic acids is 1. The Bertz CT molecular complexity index is 837. The molecule has 3 aromatic rings. The summed E-state index contributed by atoms with van der Waals surface area (Å²) >= 11 is 0. The number of rotatable bonds is 7. The Hall–Kier alpha value is -2.88. The first-order chi connectivity index (χ1) is 12.6. The molecule has 0 spiro atoms. The topological polar surface area (TPSA) is 46.9 Å². The average molecular weight is 347 g/mol. The maximum atomic E-state index is 12.1. The molecule has 1 atom stereocenters. The van der Waals surface area contributed by atoms with Gasteiger partial charge in [-0.25, -0.2) is 0 Å². The van der Waals surface area contributed by atoms with E-state index < -0.39 is 0 Å². The Kier molecular flexibility index (Phi) is 5.84. The third-order valence-corrected chi connectivity index (χ3v) is 4.41. The van der Waals surface area contributed by atoms with E-state index in [0.29, 0.717) is 6.42 Å². The van der Waals surface area contributed by atoms with Crippen LogP contribution in [0.1, 0.15) is 24.5 Å². The van der Waals surface area contributed by atoms with Gasteiger partial charge in [-0.05, 0) is 42.0 Å². The smallest absolute Gasteiger partial charge is 0.220 e. The summed E-state index contributed by atoms with van der Waals surface area (Å²) < 4.78 is 1.76. The molecule has 2 aromatic carbocycles. The Morgan fingerprint density at radius 2 is 1.73 bits per heavy atom. The van der Waals surface area contributed by atoms with E-state index in [9.17, 15) is 4.79 Å². The minimum Gasteiger partial charge on any atom is -0.353 e. The number of nitrogens with one attached hydrogen (secondary N) is 1. The molecule has 4 nitrogen and oxygen atoms in total. The molecule has 0 saturated carbocycles. The maximum absolute atomic E-state index is 12.1. The molecule has 1 amide bonds. The van der Waals surface area contributed by atoms with E-state index in [2.05, 4.69) is 46.8 Å². The first-order valence-electron chi connectivity index (χ1n) is 9.01. The lowest BCUT2D eigenvalue weighted by Crippen LogP contribution is -2.34. The second kappa shape index (κ2) is 8.48. The van der Waals surface area contributed by atoms with Gasteiger partial charge < -0.3 is 5.32 Å². The van der Waals surface area contributed by atoms with Gasteiger partial charge in [-0.2, -0.15) is 5.10 Å². The van der Waals surface area contributed by atoms with Crippen molar-refractivity contribution in [2.45, 2.75) is 32.2 Å². The van der Waals surface area contributed by atoms with Crippen LogP contribution in [0.2, 0.25) is 0 Å². The molecule has 0 radical (unpaired) electrons.